The maximum atomic E-state index is 13.0. The number of aliphatic hydroxyl groups excluding tert-OH is 1. The number of likely N-dealkylation sites (tertiary alicyclic amines) is 2. The third-order valence-electron chi connectivity index (χ3n) is 6.67. The van der Waals surface area contributed by atoms with Crippen LogP contribution >= 0.6 is 0 Å². The lowest BCUT2D eigenvalue weighted by Gasteiger charge is -2.30. The van der Waals surface area contributed by atoms with Crippen molar-refractivity contribution in [1.82, 2.24) is 25.8 Å². The van der Waals surface area contributed by atoms with E-state index in [9.17, 15) is 43.8 Å². The summed E-state index contributed by atoms with van der Waals surface area (Å²) in [5.74, 6) is -5.24. The molecule has 0 aromatic heterocycles. The van der Waals surface area contributed by atoms with E-state index in [4.69, 9.17) is 11.5 Å². The van der Waals surface area contributed by atoms with Gasteiger partial charge in [0.2, 0.25) is 35.4 Å². The van der Waals surface area contributed by atoms with Gasteiger partial charge in [0.25, 0.3) is 0 Å². The number of rotatable bonds is 13. The van der Waals surface area contributed by atoms with Crippen LogP contribution in [0.1, 0.15) is 45.4 Å². The molecule has 0 radical (unpaired) electrons. The lowest BCUT2D eigenvalue weighted by atomic mass is 10.1. The minimum Gasteiger partial charge on any atom is -0.480 e. The first-order chi connectivity index (χ1) is 18.4. The van der Waals surface area contributed by atoms with Crippen LogP contribution in [0.15, 0.2) is 0 Å². The molecule has 2 fully saturated rings. The quantitative estimate of drug-likeness (QED) is 0.115. The van der Waals surface area contributed by atoms with Gasteiger partial charge in [-0.1, -0.05) is 0 Å². The molecular formula is C23H37N7O9. The Morgan fingerprint density at radius 3 is 2.08 bits per heavy atom. The molecule has 0 aliphatic carbocycles. The number of hydrogen-bond acceptors (Lipinski definition) is 9. The third-order valence-corrected chi connectivity index (χ3v) is 6.67. The molecule has 0 aromatic rings. The topological polar surface area (TPSA) is 255 Å². The second-order valence-electron chi connectivity index (χ2n) is 9.55. The Morgan fingerprint density at radius 2 is 1.54 bits per heavy atom. The van der Waals surface area contributed by atoms with E-state index in [0.717, 1.165) is 0 Å². The van der Waals surface area contributed by atoms with Gasteiger partial charge in [-0.2, -0.15) is 0 Å². The van der Waals surface area contributed by atoms with Gasteiger partial charge in [0, 0.05) is 19.5 Å². The highest BCUT2D eigenvalue weighted by Crippen LogP contribution is 2.20. The molecule has 6 amide bonds. The molecule has 0 saturated carbocycles. The highest BCUT2D eigenvalue weighted by atomic mass is 16.4. The van der Waals surface area contributed by atoms with Crippen molar-refractivity contribution >= 4 is 41.4 Å². The van der Waals surface area contributed by atoms with Crippen LogP contribution in [0.25, 0.3) is 0 Å². The van der Waals surface area contributed by atoms with Gasteiger partial charge < -0.3 is 47.4 Å². The Kier molecular flexibility index (Phi) is 11.6. The number of carbonyl (C=O) groups excluding carboxylic acids is 6. The zero-order chi connectivity index (χ0) is 29.3. The Balaban J connectivity index is 1.98. The van der Waals surface area contributed by atoms with Crippen molar-refractivity contribution in [3.63, 3.8) is 0 Å². The fraction of sp³-hybridized carbons (Fsp3) is 0.696. The van der Waals surface area contributed by atoms with Crippen LogP contribution < -0.4 is 27.4 Å². The zero-order valence-corrected chi connectivity index (χ0v) is 21.8. The van der Waals surface area contributed by atoms with Gasteiger partial charge in [0.15, 0.2) is 0 Å². The van der Waals surface area contributed by atoms with Crippen LogP contribution in [-0.2, 0) is 33.6 Å². The molecule has 0 unspecified atom stereocenters. The number of amides is 6. The monoisotopic (exact) mass is 555 g/mol. The van der Waals surface area contributed by atoms with E-state index in [1.54, 1.807) is 0 Å². The molecule has 0 aromatic carbocycles. The van der Waals surface area contributed by atoms with Gasteiger partial charge in [-0.3, -0.25) is 28.8 Å². The summed E-state index contributed by atoms with van der Waals surface area (Å²) >= 11 is 0. The second kappa shape index (κ2) is 14.4. The van der Waals surface area contributed by atoms with E-state index in [2.05, 4.69) is 16.0 Å². The average molecular weight is 556 g/mol. The first-order valence-corrected chi connectivity index (χ1v) is 12.7. The molecule has 9 N–H and O–H groups in total. The average Bonchev–Trinajstić information content (AvgIpc) is 3.57. The maximum absolute atomic E-state index is 13.0. The standard InChI is InChI=1S/C23H37N7O9/c1-12(31)19(28-17(33)10-24)22(37)30-9-3-4-14(30)20(35)26-11-18(34)29-8-2-5-15(29)21(36)27-13(23(38)39)6-7-16(25)32/h12-15,19,31H,2-11,24H2,1H3,(H2,25,32)(H,26,35)(H,27,36)(H,28,33)(H,38,39)/t12-,13+,14+,15+,19+/m1/s1. The molecule has 2 aliphatic heterocycles. The van der Waals surface area contributed by atoms with Crippen molar-refractivity contribution in [3.05, 3.63) is 0 Å². The molecule has 16 nitrogen and oxygen atoms in total. The smallest absolute Gasteiger partial charge is 0.326 e. The van der Waals surface area contributed by atoms with E-state index in [1.807, 2.05) is 0 Å². The van der Waals surface area contributed by atoms with Gasteiger partial charge in [0.05, 0.1) is 19.2 Å². The van der Waals surface area contributed by atoms with Crippen molar-refractivity contribution in [2.45, 2.75) is 75.7 Å². The van der Waals surface area contributed by atoms with Crippen LogP contribution in [-0.4, -0.2) is 118 Å². The largest absolute Gasteiger partial charge is 0.480 e. The Labute approximate surface area is 224 Å². The molecule has 39 heavy (non-hydrogen) atoms. The third kappa shape index (κ3) is 8.61. The zero-order valence-electron chi connectivity index (χ0n) is 21.8. The van der Waals surface area contributed by atoms with Crippen molar-refractivity contribution in [2.24, 2.45) is 11.5 Å². The van der Waals surface area contributed by atoms with Crippen LogP contribution in [0.4, 0.5) is 0 Å². The van der Waals surface area contributed by atoms with Crippen LogP contribution in [0.3, 0.4) is 0 Å². The highest BCUT2D eigenvalue weighted by molar-refractivity contribution is 5.95. The predicted octanol–water partition coefficient (Wildman–Crippen LogP) is -4.26. The summed E-state index contributed by atoms with van der Waals surface area (Å²) in [6.07, 6.45) is -0.118. The van der Waals surface area contributed by atoms with Gasteiger partial charge in [-0.25, -0.2) is 4.79 Å². The SMILES string of the molecule is C[C@@H](O)[C@H](NC(=O)CN)C(=O)N1CCC[C@H]1C(=O)NCC(=O)N1CCC[C@H]1C(=O)N[C@@H](CCC(N)=O)C(=O)O. The number of nitrogens with two attached hydrogens (primary N) is 2. The van der Waals surface area contributed by atoms with Crippen LogP contribution in [0, 0.1) is 0 Å². The number of primary amides is 1. The molecule has 0 bridgehead atoms. The van der Waals surface area contributed by atoms with E-state index < -0.39 is 78.2 Å². The number of carboxylic acid groups (broad SMARTS) is 1. The summed E-state index contributed by atoms with van der Waals surface area (Å²) in [5, 5.41) is 26.5. The van der Waals surface area contributed by atoms with Gasteiger partial charge >= 0.3 is 5.97 Å². The summed E-state index contributed by atoms with van der Waals surface area (Å²) in [7, 11) is 0. The maximum Gasteiger partial charge on any atom is 0.326 e. The van der Waals surface area contributed by atoms with Crippen molar-refractivity contribution in [1.29, 1.82) is 0 Å². The molecule has 2 aliphatic rings. The summed E-state index contributed by atoms with van der Waals surface area (Å²) < 4.78 is 0. The number of aliphatic carboxylic acids is 1. The van der Waals surface area contributed by atoms with E-state index in [1.165, 1.54) is 16.7 Å². The Bertz CT molecular complexity index is 974. The molecule has 2 rings (SSSR count). The first-order valence-electron chi connectivity index (χ1n) is 12.7. The van der Waals surface area contributed by atoms with Gasteiger partial charge in [-0.05, 0) is 39.0 Å². The highest BCUT2D eigenvalue weighted by Gasteiger charge is 2.40. The number of carboxylic acids is 1. The predicted molar refractivity (Wildman–Crippen MR) is 133 cm³/mol. The lowest BCUT2D eigenvalue weighted by Crippen LogP contribution is -2.58. The minimum atomic E-state index is -1.35. The van der Waals surface area contributed by atoms with Gasteiger partial charge in [0.1, 0.15) is 24.2 Å². The molecule has 16 heteroatoms. The van der Waals surface area contributed by atoms with Crippen molar-refractivity contribution < 1.29 is 43.8 Å². The van der Waals surface area contributed by atoms with Gasteiger partial charge in [-0.15, -0.1) is 0 Å². The van der Waals surface area contributed by atoms with Crippen molar-refractivity contribution in [2.75, 3.05) is 26.2 Å². The fourth-order valence-corrected chi connectivity index (χ4v) is 4.63. The van der Waals surface area contributed by atoms with Crippen molar-refractivity contribution in [3.8, 4) is 0 Å². The lowest BCUT2D eigenvalue weighted by molar-refractivity contribution is -0.145. The Morgan fingerprint density at radius 1 is 0.949 bits per heavy atom. The second-order valence-corrected chi connectivity index (χ2v) is 9.55. The van der Waals surface area contributed by atoms with E-state index >= 15 is 0 Å². The number of hydrogen-bond donors (Lipinski definition) is 7. The number of nitrogens with one attached hydrogen (secondary N) is 3. The first kappa shape index (κ1) is 31.4. The summed E-state index contributed by atoms with van der Waals surface area (Å²) in [5.41, 5.74) is 10.3. The molecule has 5 atom stereocenters. The molecule has 0 spiro atoms. The number of carbonyl (C=O) groups is 7. The molecule has 2 heterocycles. The van der Waals surface area contributed by atoms with E-state index in [0.29, 0.717) is 19.3 Å². The molecule has 2 saturated heterocycles. The summed E-state index contributed by atoms with van der Waals surface area (Å²) in [6, 6.07) is -4.53. The van der Waals surface area contributed by atoms with E-state index in [-0.39, 0.29) is 38.9 Å². The normalized spacial score (nSPS) is 21.0. The summed E-state index contributed by atoms with van der Waals surface area (Å²) in [6.45, 7) is 0.901. The minimum absolute atomic E-state index is 0.199. The Hall–Kier alpha value is -3.79. The number of nitrogens with zero attached hydrogens (tertiary/aromatic N) is 2. The summed E-state index contributed by atoms with van der Waals surface area (Å²) in [4.78, 5) is 88.0. The fourth-order valence-electron chi connectivity index (χ4n) is 4.63. The number of aliphatic hydroxyl groups is 1. The molecular weight excluding hydrogens is 518 g/mol. The molecule has 218 valence electrons. The van der Waals surface area contributed by atoms with Crippen LogP contribution in [0.5, 0.6) is 0 Å². The van der Waals surface area contributed by atoms with Crippen LogP contribution in [0.2, 0.25) is 0 Å².